The first-order chi connectivity index (χ1) is 9.72. The number of carbonyl (C=O) groups excluding carboxylic acids is 1. The van der Waals surface area contributed by atoms with Gasteiger partial charge in [0.2, 0.25) is 0 Å². The van der Waals surface area contributed by atoms with Crippen LogP contribution in [0.15, 0.2) is 24.3 Å². The maximum atomic E-state index is 12.0. The van der Waals surface area contributed by atoms with Crippen molar-refractivity contribution >= 4 is 6.03 Å². The number of hydrogen-bond acceptors (Lipinski definition) is 4. The summed E-state index contributed by atoms with van der Waals surface area (Å²) in [5.41, 5.74) is 1.43. The molecule has 20 heavy (non-hydrogen) atoms. The third kappa shape index (κ3) is 3.47. The Kier molecular flexibility index (Phi) is 4.54. The second-order valence-corrected chi connectivity index (χ2v) is 4.41. The zero-order valence-electron chi connectivity index (χ0n) is 10.9. The van der Waals surface area contributed by atoms with Gasteiger partial charge in [0.15, 0.2) is 6.10 Å². The van der Waals surface area contributed by atoms with Gasteiger partial charge in [-0.1, -0.05) is 12.1 Å². The molecule has 0 aliphatic carbocycles. The van der Waals surface area contributed by atoms with Gasteiger partial charge in [0, 0.05) is 13.1 Å². The highest BCUT2D eigenvalue weighted by Gasteiger charge is 2.23. The zero-order valence-corrected chi connectivity index (χ0v) is 10.9. The molecule has 1 aliphatic rings. The predicted octanol–water partition coefficient (Wildman–Crippen LogP) is 0.992. The molecule has 1 aliphatic heterocycles. The Hall–Kier alpha value is -2.57. The second kappa shape index (κ2) is 6.55. The number of nitrogens with zero attached hydrogens (tertiary/aromatic N) is 3. The lowest BCUT2D eigenvalue weighted by Gasteiger charge is -2.29. The van der Waals surface area contributed by atoms with E-state index < -0.39 is 6.10 Å². The monoisotopic (exact) mass is 270 g/mol. The van der Waals surface area contributed by atoms with Crippen LogP contribution in [0, 0.1) is 22.7 Å². The Bertz CT molecular complexity index is 573. The molecule has 6 nitrogen and oxygen atoms in total. The minimum atomic E-state index is -0.559. The first kappa shape index (κ1) is 13.9. The van der Waals surface area contributed by atoms with E-state index in [1.165, 1.54) is 0 Å². The molecule has 0 radical (unpaired) electrons. The summed E-state index contributed by atoms with van der Waals surface area (Å²) in [5, 5.41) is 20.4. The van der Waals surface area contributed by atoms with Crippen LogP contribution >= 0.6 is 0 Å². The van der Waals surface area contributed by atoms with Crippen molar-refractivity contribution in [3.8, 4) is 12.1 Å². The van der Waals surface area contributed by atoms with Crippen molar-refractivity contribution < 1.29 is 9.53 Å². The molecule has 0 aromatic heterocycles. The fraction of sp³-hybridized carbons (Fsp3) is 0.357. The molecule has 1 unspecified atom stereocenters. The molecule has 2 rings (SSSR count). The van der Waals surface area contributed by atoms with Gasteiger partial charge in [0.1, 0.15) is 0 Å². The van der Waals surface area contributed by atoms with Gasteiger partial charge in [-0.25, -0.2) is 4.79 Å². The molecule has 102 valence electrons. The number of amides is 2. The van der Waals surface area contributed by atoms with Gasteiger partial charge >= 0.3 is 6.03 Å². The van der Waals surface area contributed by atoms with E-state index in [0.717, 1.165) is 5.56 Å². The van der Waals surface area contributed by atoms with Crippen LogP contribution in [0.4, 0.5) is 4.79 Å². The number of rotatable bonds is 2. The summed E-state index contributed by atoms with van der Waals surface area (Å²) in [7, 11) is 0. The topological polar surface area (TPSA) is 89.2 Å². The van der Waals surface area contributed by atoms with Crippen LogP contribution in [0.3, 0.4) is 0 Å². The molecule has 1 aromatic carbocycles. The van der Waals surface area contributed by atoms with Crippen molar-refractivity contribution in [1.29, 1.82) is 10.5 Å². The summed E-state index contributed by atoms with van der Waals surface area (Å²) in [4.78, 5) is 13.5. The number of benzene rings is 1. The Morgan fingerprint density at radius 2 is 2.35 bits per heavy atom. The van der Waals surface area contributed by atoms with Gasteiger partial charge < -0.3 is 15.0 Å². The van der Waals surface area contributed by atoms with Crippen molar-refractivity contribution in [2.45, 2.75) is 12.6 Å². The molecule has 1 N–H and O–H groups in total. The van der Waals surface area contributed by atoms with E-state index in [1.807, 2.05) is 12.1 Å². The Morgan fingerprint density at radius 3 is 3.10 bits per heavy atom. The fourth-order valence-corrected chi connectivity index (χ4v) is 1.95. The van der Waals surface area contributed by atoms with E-state index in [1.54, 1.807) is 23.1 Å². The highest BCUT2D eigenvalue weighted by Crippen LogP contribution is 2.06. The lowest BCUT2D eigenvalue weighted by atomic mass is 10.1. The summed E-state index contributed by atoms with van der Waals surface area (Å²) in [5.74, 6) is 0. The minimum Gasteiger partial charge on any atom is -0.360 e. The summed E-state index contributed by atoms with van der Waals surface area (Å²) in [6.07, 6.45) is -0.559. The van der Waals surface area contributed by atoms with Crippen molar-refractivity contribution in [1.82, 2.24) is 10.2 Å². The van der Waals surface area contributed by atoms with Crippen LogP contribution in [0.1, 0.15) is 11.1 Å². The van der Waals surface area contributed by atoms with Crippen molar-refractivity contribution in [3.05, 3.63) is 35.4 Å². The number of carbonyl (C=O) groups is 1. The third-order valence-corrected chi connectivity index (χ3v) is 3.00. The molecule has 0 spiro atoms. The zero-order chi connectivity index (χ0) is 14.4. The van der Waals surface area contributed by atoms with Gasteiger partial charge in [-0.05, 0) is 17.7 Å². The van der Waals surface area contributed by atoms with Gasteiger partial charge in [-0.3, -0.25) is 0 Å². The van der Waals surface area contributed by atoms with Gasteiger partial charge in [0.05, 0.1) is 30.9 Å². The van der Waals surface area contributed by atoms with Crippen molar-refractivity contribution in [3.63, 3.8) is 0 Å². The molecule has 0 saturated carbocycles. The standard InChI is InChI=1S/C14H14N4O2/c15-7-11-2-1-3-12(6-11)9-17-14(19)18-4-5-20-13(8-16)10-18/h1-3,6,13H,4-5,9-10H2,(H,17,19). The smallest absolute Gasteiger partial charge is 0.317 e. The summed E-state index contributed by atoms with van der Waals surface area (Å²) >= 11 is 0. The first-order valence-corrected chi connectivity index (χ1v) is 6.26. The van der Waals surface area contributed by atoms with Crippen molar-refractivity contribution in [2.24, 2.45) is 0 Å². The minimum absolute atomic E-state index is 0.226. The van der Waals surface area contributed by atoms with E-state index in [4.69, 9.17) is 15.3 Å². The second-order valence-electron chi connectivity index (χ2n) is 4.41. The molecule has 1 atom stereocenters. The van der Waals surface area contributed by atoms with Gasteiger partial charge in [-0.2, -0.15) is 10.5 Å². The van der Waals surface area contributed by atoms with Crippen LogP contribution in [-0.4, -0.2) is 36.7 Å². The number of ether oxygens (including phenoxy) is 1. The van der Waals surface area contributed by atoms with Gasteiger partial charge in [-0.15, -0.1) is 0 Å². The largest absolute Gasteiger partial charge is 0.360 e. The summed E-state index contributed by atoms with van der Waals surface area (Å²) in [6.45, 7) is 1.47. The Balaban J connectivity index is 1.89. The molecule has 1 heterocycles. The number of morpholine rings is 1. The van der Waals surface area contributed by atoms with E-state index in [2.05, 4.69) is 11.4 Å². The van der Waals surface area contributed by atoms with E-state index in [9.17, 15) is 4.79 Å². The van der Waals surface area contributed by atoms with Crippen LogP contribution in [-0.2, 0) is 11.3 Å². The average molecular weight is 270 g/mol. The van der Waals surface area contributed by atoms with Crippen LogP contribution in [0.5, 0.6) is 0 Å². The van der Waals surface area contributed by atoms with E-state index >= 15 is 0 Å². The lowest BCUT2D eigenvalue weighted by Crippen LogP contribution is -2.49. The fourth-order valence-electron chi connectivity index (χ4n) is 1.95. The number of nitrogens with one attached hydrogen (secondary N) is 1. The molecule has 1 fully saturated rings. The number of urea groups is 1. The highest BCUT2D eigenvalue weighted by atomic mass is 16.5. The molecule has 1 saturated heterocycles. The summed E-state index contributed by atoms with van der Waals surface area (Å²) in [6, 6.07) is 10.9. The Morgan fingerprint density at radius 1 is 1.50 bits per heavy atom. The first-order valence-electron chi connectivity index (χ1n) is 6.26. The third-order valence-electron chi connectivity index (χ3n) is 3.00. The average Bonchev–Trinajstić information content (AvgIpc) is 2.52. The predicted molar refractivity (Wildman–Crippen MR) is 70.3 cm³/mol. The quantitative estimate of drug-likeness (QED) is 0.867. The highest BCUT2D eigenvalue weighted by molar-refractivity contribution is 5.74. The van der Waals surface area contributed by atoms with E-state index in [0.29, 0.717) is 25.3 Å². The Labute approximate surface area is 117 Å². The van der Waals surface area contributed by atoms with Crippen molar-refractivity contribution in [2.75, 3.05) is 19.7 Å². The lowest BCUT2D eigenvalue weighted by molar-refractivity contribution is 0.0157. The van der Waals surface area contributed by atoms with Crippen LogP contribution in [0.2, 0.25) is 0 Å². The molecular formula is C14H14N4O2. The molecular weight excluding hydrogens is 256 g/mol. The maximum absolute atomic E-state index is 12.0. The van der Waals surface area contributed by atoms with Crippen LogP contribution < -0.4 is 5.32 Å². The summed E-state index contributed by atoms with van der Waals surface area (Å²) < 4.78 is 5.18. The van der Waals surface area contributed by atoms with Crippen LogP contribution in [0.25, 0.3) is 0 Å². The molecule has 0 bridgehead atoms. The SMILES string of the molecule is N#Cc1cccc(CNC(=O)N2CCOC(C#N)C2)c1. The molecule has 1 aromatic rings. The molecule has 2 amide bonds. The molecule has 6 heteroatoms. The maximum Gasteiger partial charge on any atom is 0.317 e. The van der Waals surface area contributed by atoms with E-state index in [-0.39, 0.29) is 12.6 Å². The number of hydrogen-bond donors (Lipinski definition) is 1. The van der Waals surface area contributed by atoms with Gasteiger partial charge in [0.25, 0.3) is 0 Å². The number of nitriles is 2. The normalized spacial score (nSPS) is 17.9.